The first kappa shape index (κ1) is 12.2. The summed E-state index contributed by atoms with van der Waals surface area (Å²) in [6.45, 7) is 5.73. The van der Waals surface area contributed by atoms with Crippen LogP contribution in [0, 0.1) is 0 Å². The lowest BCUT2D eigenvalue weighted by Crippen LogP contribution is -2.31. The standard InChI is InChI=1S/C11H21NO/c1-4-6-7-9-11(8-5-2)12-10(3)13/h5,8,11H,4,6-7,9H2,1-3H3,(H,12,13)/b8-5-/t11-/m0/s1. The van der Waals surface area contributed by atoms with Gasteiger partial charge in [-0.1, -0.05) is 38.3 Å². The molecule has 0 rings (SSSR count). The third kappa shape index (κ3) is 7.57. The minimum Gasteiger partial charge on any atom is -0.350 e. The molecule has 0 radical (unpaired) electrons. The maximum absolute atomic E-state index is 10.8. The molecule has 2 nitrogen and oxygen atoms in total. The molecule has 1 amide bonds. The van der Waals surface area contributed by atoms with Crippen molar-refractivity contribution >= 4 is 5.91 Å². The van der Waals surface area contributed by atoms with Crippen LogP contribution in [0.5, 0.6) is 0 Å². The molecule has 0 saturated heterocycles. The van der Waals surface area contributed by atoms with Gasteiger partial charge in [0, 0.05) is 13.0 Å². The van der Waals surface area contributed by atoms with Gasteiger partial charge in [-0.2, -0.15) is 0 Å². The molecule has 0 aliphatic carbocycles. The molecule has 0 fully saturated rings. The molecule has 0 saturated carbocycles. The Bertz CT molecular complexity index is 163. The number of rotatable bonds is 6. The molecule has 0 aromatic heterocycles. The molecule has 0 aliphatic heterocycles. The summed E-state index contributed by atoms with van der Waals surface area (Å²) in [4.78, 5) is 10.8. The third-order valence-corrected chi connectivity index (χ3v) is 1.93. The summed E-state index contributed by atoms with van der Waals surface area (Å²) < 4.78 is 0. The van der Waals surface area contributed by atoms with Gasteiger partial charge in [-0.25, -0.2) is 0 Å². The van der Waals surface area contributed by atoms with E-state index < -0.39 is 0 Å². The summed E-state index contributed by atoms with van der Waals surface area (Å²) in [5.74, 6) is 0.0552. The molecule has 76 valence electrons. The maximum atomic E-state index is 10.8. The number of nitrogens with one attached hydrogen (secondary N) is 1. The maximum Gasteiger partial charge on any atom is 0.217 e. The highest BCUT2D eigenvalue weighted by Gasteiger charge is 2.04. The van der Waals surface area contributed by atoms with Crippen LogP contribution >= 0.6 is 0 Å². The first-order valence-electron chi connectivity index (χ1n) is 5.10. The van der Waals surface area contributed by atoms with Gasteiger partial charge >= 0.3 is 0 Å². The van der Waals surface area contributed by atoms with E-state index in [-0.39, 0.29) is 11.9 Å². The largest absolute Gasteiger partial charge is 0.350 e. The highest BCUT2D eigenvalue weighted by Crippen LogP contribution is 2.04. The molecule has 0 spiro atoms. The number of unbranched alkanes of at least 4 members (excludes halogenated alkanes) is 2. The van der Waals surface area contributed by atoms with Crippen molar-refractivity contribution in [1.29, 1.82) is 0 Å². The summed E-state index contributed by atoms with van der Waals surface area (Å²) in [6.07, 6.45) is 8.75. The minimum absolute atomic E-state index is 0.0552. The van der Waals surface area contributed by atoms with Crippen molar-refractivity contribution in [3.8, 4) is 0 Å². The fourth-order valence-corrected chi connectivity index (χ4v) is 1.32. The second-order valence-corrected chi connectivity index (χ2v) is 3.33. The quantitative estimate of drug-likeness (QED) is 0.498. The van der Waals surface area contributed by atoms with Crippen LogP contribution in [-0.2, 0) is 4.79 Å². The topological polar surface area (TPSA) is 29.1 Å². The van der Waals surface area contributed by atoms with E-state index >= 15 is 0 Å². The zero-order chi connectivity index (χ0) is 10.1. The monoisotopic (exact) mass is 183 g/mol. The molecule has 13 heavy (non-hydrogen) atoms. The molecule has 0 aromatic carbocycles. The second-order valence-electron chi connectivity index (χ2n) is 3.33. The zero-order valence-electron chi connectivity index (χ0n) is 8.97. The van der Waals surface area contributed by atoms with Crippen molar-refractivity contribution in [3.63, 3.8) is 0 Å². The van der Waals surface area contributed by atoms with Gasteiger partial charge < -0.3 is 5.32 Å². The van der Waals surface area contributed by atoms with Gasteiger partial charge in [0.2, 0.25) is 5.91 Å². The molecule has 0 bridgehead atoms. The van der Waals surface area contributed by atoms with E-state index in [9.17, 15) is 4.79 Å². The first-order chi connectivity index (χ1) is 6.20. The highest BCUT2D eigenvalue weighted by atomic mass is 16.1. The Hall–Kier alpha value is -0.790. The second kappa shape index (κ2) is 7.84. The van der Waals surface area contributed by atoms with Crippen molar-refractivity contribution in [2.24, 2.45) is 0 Å². The van der Waals surface area contributed by atoms with E-state index in [2.05, 4.69) is 18.3 Å². The zero-order valence-corrected chi connectivity index (χ0v) is 8.97. The van der Waals surface area contributed by atoms with Crippen LogP contribution in [-0.4, -0.2) is 11.9 Å². The van der Waals surface area contributed by atoms with Crippen LogP contribution in [0.2, 0.25) is 0 Å². The normalized spacial score (nSPS) is 13.2. The number of hydrogen-bond donors (Lipinski definition) is 1. The van der Waals surface area contributed by atoms with Gasteiger partial charge in [0.05, 0.1) is 0 Å². The molecule has 0 unspecified atom stereocenters. The molecule has 1 N–H and O–H groups in total. The average molecular weight is 183 g/mol. The van der Waals surface area contributed by atoms with E-state index in [0.717, 1.165) is 6.42 Å². The average Bonchev–Trinajstić information content (AvgIpc) is 2.04. The minimum atomic E-state index is 0.0552. The van der Waals surface area contributed by atoms with Gasteiger partial charge in [-0.15, -0.1) is 0 Å². The fourth-order valence-electron chi connectivity index (χ4n) is 1.32. The van der Waals surface area contributed by atoms with Gasteiger partial charge in [-0.3, -0.25) is 4.79 Å². The number of hydrogen-bond acceptors (Lipinski definition) is 1. The van der Waals surface area contributed by atoms with Crippen molar-refractivity contribution < 1.29 is 4.79 Å². The van der Waals surface area contributed by atoms with E-state index in [0.29, 0.717) is 0 Å². The summed E-state index contributed by atoms with van der Waals surface area (Å²) >= 11 is 0. The van der Waals surface area contributed by atoms with Crippen molar-refractivity contribution in [1.82, 2.24) is 5.32 Å². The van der Waals surface area contributed by atoms with Crippen LogP contribution in [0.1, 0.15) is 46.5 Å². The van der Waals surface area contributed by atoms with Crippen molar-refractivity contribution in [2.75, 3.05) is 0 Å². The van der Waals surface area contributed by atoms with E-state index in [1.807, 2.05) is 13.0 Å². The molecule has 1 atom stereocenters. The summed E-state index contributed by atoms with van der Waals surface area (Å²) in [5.41, 5.74) is 0. The summed E-state index contributed by atoms with van der Waals surface area (Å²) in [6, 6.07) is 0.231. The first-order valence-corrected chi connectivity index (χ1v) is 5.10. The van der Waals surface area contributed by atoms with Gasteiger partial charge in [-0.05, 0) is 13.3 Å². The van der Waals surface area contributed by atoms with Crippen molar-refractivity contribution in [3.05, 3.63) is 12.2 Å². The predicted octanol–water partition coefficient (Wildman–Crippen LogP) is 2.65. The van der Waals surface area contributed by atoms with Crippen LogP contribution in [0.4, 0.5) is 0 Å². The lowest BCUT2D eigenvalue weighted by molar-refractivity contribution is -0.119. The van der Waals surface area contributed by atoms with E-state index in [1.165, 1.54) is 19.3 Å². The predicted molar refractivity (Wildman–Crippen MR) is 56.6 cm³/mol. The SMILES string of the molecule is C/C=C\[C@@H](CCCCC)NC(C)=O. The molecule has 0 aliphatic rings. The number of carbonyl (C=O) groups excluding carboxylic acids is 1. The molecule has 0 aromatic rings. The third-order valence-electron chi connectivity index (χ3n) is 1.93. The van der Waals surface area contributed by atoms with E-state index in [4.69, 9.17) is 0 Å². The number of amides is 1. The van der Waals surface area contributed by atoms with Crippen LogP contribution in [0.15, 0.2) is 12.2 Å². The van der Waals surface area contributed by atoms with Crippen molar-refractivity contribution in [2.45, 2.75) is 52.5 Å². The lowest BCUT2D eigenvalue weighted by Gasteiger charge is -2.12. The molecule has 2 heteroatoms. The molecular formula is C11H21NO. The molecule has 0 heterocycles. The summed E-state index contributed by atoms with van der Waals surface area (Å²) in [5, 5.41) is 2.91. The smallest absolute Gasteiger partial charge is 0.217 e. The van der Waals surface area contributed by atoms with Gasteiger partial charge in [0.25, 0.3) is 0 Å². The summed E-state index contributed by atoms with van der Waals surface area (Å²) in [7, 11) is 0. The lowest BCUT2D eigenvalue weighted by atomic mass is 10.1. The van der Waals surface area contributed by atoms with Gasteiger partial charge in [0.15, 0.2) is 0 Å². The Morgan fingerprint density at radius 1 is 1.46 bits per heavy atom. The Kier molecular flexibility index (Phi) is 7.36. The Morgan fingerprint density at radius 2 is 2.15 bits per heavy atom. The number of carbonyl (C=O) groups is 1. The Morgan fingerprint density at radius 3 is 2.62 bits per heavy atom. The van der Waals surface area contributed by atoms with Crippen LogP contribution in [0.25, 0.3) is 0 Å². The van der Waals surface area contributed by atoms with Crippen LogP contribution in [0.3, 0.4) is 0 Å². The number of allylic oxidation sites excluding steroid dienone is 1. The van der Waals surface area contributed by atoms with Gasteiger partial charge in [0.1, 0.15) is 0 Å². The molecular weight excluding hydrogens is 162 g/mol. The Balaban J connectivity index is 3.73. The fraction of sp³-hybridized carbons (Fsp3) is 0.727. The highest BCUT2D eigenvalue weighted by molar-refractivity contribution is 5.73. The van der Waals surface area contributed by atoms with Crippen LogP contribution < -0.4 is 5.32 Å². The Labute approximate surface area is 81.4 Å². The van der Waals surface area contributed by atoms with E-state index in [1.54, 1.807) is 6.92 Å².